The molecule has 1 aromatic carbocycles. The first kappa shape index (κ1) is 18.2. The molecule has 7 heteroatoms. The number of aromatic nitrogens is 2. The quantitative estimate of drug-likeness (QED) is 0.480. The number of aryl methyl sites for hydroxylation is 2. The Balaban J connectivity index is 1.36. The Hall–Kier alpha value is -3.19. The van der Waals surface area contributed by atoms with Crippen LogP contribution in [-0.4, -0.2) is 21.1 Å². The van der Waals surface area contributed by atoms with E-state index in [1.54, 1.807) is 24.3 Å². The van der Waals surface area contributed by atoms with E-state index in [9.17, 15) is 9.59 Å². The molecule has 4 rings (SSSR count). The monoisotopic (exact) mass is 393 g/mol. The van der Waals surface area contributed by atoms with E-state index in [1.807, 2.05) is 46.4 Å². The molecule has 28 heavy (non-hydrogen) atoms. The number of nitrogens with one attached hydrogen (secondary N) is 1. The van der Waals surface area contributed by atoms with Gasteiger partial charge in [-0.05, 0) is 32.0 Å². The molecular weight excluding hydrogens is 374 g/mol. The molecule has 0 atom stereocenters. The Morgan fingerprint density at radius 2 is 2.04 bits per heavy atom. The van der Waals surface area contributed by atoms with E-state index in [1.165, 1.54) is 6.92 Å². The van der Waals surface area contributed by atoms with E-state index < -0.39 is 0 Å². The van der Waals surface area contributed by atoms with Crippen LogP contribution in [0.3, 0.4) is 0 Å². The van der Waals surface area contributed by atoms with E-state index in [-0.39, 0.29) is 18.1 Å². The third-order valence-electron chi connectivity index (χ3n) is 4.50. The van der Waals surface area contributed by atoms with Crippen LogP contribution in [0.5, 0.6) is 0 Å². The highest BCUT2D eigenvalue weighted by Crippen LogP contribution is 2.23. The summed E-state index contributed by atoms with van der Waals surface area (Å²) in [7, 11) is 0. The number of rotatable bonds is 6. The maximum atomic E-state index is 12.2. The lowest BCUT2D eigenvalue weighted by atomic mass is 10.1. The summed E-state index contributed by atoms with van der Waals surface area (Å²) in [6.45, 7) is 3.26. The molecule has 0 aliphatic rings. The number of hydrogen-bond donors (Lipinski definition) is 1. The van der Waals surface area contributed by atoms with E-state index in [0.717, 1.165) is 21.9 Å². The van der Waals surface area contributed by atoms with Gasteiger partial charge in [-0.1, -0.05) is 12.1 Å². The number of anilines is 1. The van der Waals surface area contributed by atoms with Gasteiger partial charge in [0.25, 0.3) is 0 Å². The van der Waals surface area contributed by atoms with Crippen LogP contribution in [-0.2, 0) is 11.2 Å². The molecule has 0 spiro atoms. The lowest BCUT2D eigenvalue weighted by Crippen LogP contribution is -2.12. The second-order valence-corrected chi connectivity index (χ2v) is 7.46. The van der Waals surface area contributed by atoms with Crippen LogP contribution in [0.25, 0.3) is 16.2 Å². The summed E-state index contributed by atoms with van der Waals surface area (Å²) in [6, 6.07) is 9.33. The highest BCUT2D eigenvalue weighted by molar-refractivity contribution is 7.15. The number of benzene rings is 1. The first-order valence-corrected chi connectivity index (χ1v) is 9.80. The van der Waals surface area contributed by atoms with Gasteiger partial charge in [-0.15, -0.1) is 11.3 Å². The lowest BCUT2D eigenvalue weighted by molar-refractivity contribution is -0.116. The van der Waals surface area contributed by atoms with Crippen molar-refractivity contribution in [3.63, 3.8) is 0 Å². The molecule has 0 radical (unpaired) electrons. The number of ketones is 1. The van der Waals surface area contributed by atoms with Crippen LogP contribution in [0.2, 0.25) is 0 Å². The van der Waals surface area contributed by atoms with E-state index >= 15 is 0 Å². The Bertz CT molecular complexity index is 1120. The summed E-state index contributed by atoms with van der Waals surface area (Å²) in [5, 5.41) is 4.88. The average molecular weight is 393 g/mol. The fourth-order valence-corrected chi connectivity index (χ4v) is 3.77. The van der Waals surface area contributed by atoms with Crippen molar-refractivity contribution < 1.29 is 14.0 Å². The van der Waals surface area contributed by atoms with Crippen molar-refractivity contribution in [3.8, 4) is 11.3 Å². The predicted octanol–water partition coefficient (Wildman–Crippen LogP) is 4.74. The molecule has 142 valence electrons. The van der Waals surface area contributed by atoms with Gasteiger partial charge < -0.3 is 9.73 Å². The highest BCUT2D eigenvalue weighted by Gasteiger charge is 2.13. The Labute approximate surface area is 165 Å². The number of nitrogens with zero attached hydrogens (tertiary/aromatic N) is 2. The van der Waals surface area contributed by atoms with Crippen LogP contribution in [0.4, 0.5) is 5.69 Å². The van der Waals surface area contributed by atoms with E-state index in [0.29, 0.717) is 23.5 Å². The van der Waals surface area contributed by atoms with Crippen molar-refractivity contribution >= 4 is 33.7 Å². The van der Waals surface area contributed by atoms with Crippen LogP contribution in [0.1, 0.15) is 35.2 Å². The number of hydrogen-bond acceptors (Lipinski definition) is 5. The number of amides is 1. The number of carbonyl (C=O) groups is 2. The van der Waals surface area contributed by atoms with Crippen LogP contribution in [0.15, 0.2) is 52.5 Å². The molecule has 6 nitrogen and oxygen atoms in total. The number of fused-ring (bicyclic) bond motifs is 1. The summed E-state index contributed by atoms with van der Waals surface area (Å²) in [5.74, 6) is 1.11. The van der Waals surface area contributed by atoms with Gasteiger partial charge in [-0.25, -0.2) is 4.98 Å². The van der Waals surface area contributed by atoms with Gasteiger partial charge in [0.1, 0.15) is 11.5 Å². The molecular formula is C21H19N3O3S. The molecule has 0 unspecified atom stereocenters. The Kier molecular flexibility index (Phi) is 4.83. The highest BCUT2D eigenvalue weighted by atomic mass is 32.1. The minimum absolute atomic E-state index is 0.0328. The molecule has 0 fully saturated rings. The van der Waals surface area contributed by atoms with Gasteiger partial charge in [0, 0.05) is 41.9 Å². The second kappa shape index (κ2) is 7.44. The fraction of sp³-hybridized carbons (Fsp3) is 0.190. The topological polar surface area (TPSA) is 76.6 Å². The smallest absolute Gasteiger partial charge is 0.224 e. The zero-order valence-corrected chi connectivity index (χ0v) is 16.4. The Morgan fingerprint density at radius 1 is 1.25 bits per heavy atom. The maximum Gasteiger partial charge on any atom is 0.224 e. The summed E-state index contributed by atoms with van der Waals surface area (Å²) in [6.07, 6.45) is 4.69. The van der Waals surface area contributed by atoms with Gasteiger partial charge >= 0.3 is 0 Å². The molecule has 0 aliphatic carbocycles. The molecule has 1 amide bonds. The maximum absolute atomic E-state index is 12.2. The number of carbonyl (C=O) groups excluding carboxylic acids is 2. The van der Waals surface area contributed by atoms with Gasteiger partial charge in [-0.3, -0.25) is 14.0 Å². The van der Waals surface area contributed by atoms with E-state index in [2.05, 4.69) is 10.3 Å². The SMILES string of the molecule is CC(=O)c1cc(CCC(=O)Nc2ccc(-c3cn4ccsc4n3)cc2)oc1C. The van der Waals surface area contributed by atoms with Crippen LogP contribution < -0.4 is 5.32 Å². The zero-order valence-electron chi connectivity index (χ0n) is 15.6. The minimum atomic E-state index is -0.103. The van der Waals surface area contributed by atoms with Crippen LogP contribution >= 0.6 is 11.3 Å². The van der Waals surface area contributed by atoms with Gasteiger partial charge in [0.05, 0.1) is 11.3 Å². The van der Waals surface area contributed by atoms with Gasteiger partial charge in [0.2, 0.25) is 5.91 Å². The molecule has 0 aliphatic heterocycles. The van der Waals surface area contributed by atoms with Crippen molar-refractivity contribution in [1.82, 2.24) is 9.38 Å². The van der Waals surface area contributed by atoms with Gasteiger partial charge in [0.15, 0.2) is 10.7 Å². The molecule has 3 heterocycles. The standard InChI is InChI=1S/C21H19N3O3S/c1-13(25)18-11-17(27-14(18)2)7-8-20(26)22-16-5-3-15(4-6-16)19-12-24-9-10-28-21(24)23-19/h3-6,9-12H,7-8H2,1-2H3,(H,22,26). The van der Waals surface area contributed by atoms with Crippen molar-refractivity contribution in [2.24, 2.45) is 0 Å². The normalized spacial score (nSPS) is 11.1. The predicted molar refractivity (Wildman–Crippen MR) is 109 cm³/mol. The van der Waals surface area contributed by atoms with Crippen molar-refractivity contribution in [1.29, 1.82) is 0 Å². The summed E-state index contributed by atoms with van der Waals surface area (Å²) in [4.78, 5) is 29.2. The first-order valence-electron chi connectivity index (χ1n) is 8.92. The van der Waals surface area contributed by atoms with Crippen LogP contribution in [0, 0.1) is 6.92 Å². The molecule has 1 N–H and O–H groups in total. The molecule has 4 aromatic rings. The number of furan rings is 1. The first-order chi connectivity index (χ1) is 13.5. The van der Waals surface area contributed by atoms with Crippen molar-refractivity contribution in [3.05, 3.63) is 65.2 Å². The second-order valence-electron chi connectivity index (χ2n) is 6.58. The molecule has 0 saturated heterocycles. The lowest BCUT2D eigenvalue weighted by Gasteiger charge is -2.05. The largest absolute Gasteiger partial charge is 0.466 e. The summed E-state index contributed by atoms with van der Waals surface area (Å²) in [5.41, 5.74) is 3.20. The third kappa shape index (κ3) is 3.75. The molecule has 0 bridgehead atoms. The summed E-state index contributed by atoms with van der Waals surface area (Å²) >= 11 is 1.59. The van der Waals surface area contributed by atoms with E-state index in [4.69, 9.17) is 4.42 Å². The van der Waals surface area contributed by atoms with Gasteiger partial charge in [-0.2, -0.15) is 0 Å². The third-order valence-corrected chi connectivity index (χ3v) is 5.27. The Morgan fingerprint density at radius 3 is 2.71 bits per heavy atom. The average Bonchev–Trinajstić information content (AvgIpc) is 3.35. The van der Waals surface area contributed by atoms with Crippen molar-refractivity contribution in [2.45, 2.75) is 26.7 Å². The molecule has 0 saturated carbocycles. The number of imidazole rings is 1. The number of thiazole rings is 1. The zero-order chi connectivity index (χ0) is 19.7. The fourth-order valence-electron chi connectivity index (χ4n) is 3.07. The molecule has 3 aromatic heterocycles. The summed E-state index contributed by atoms with van der Waals surface area (Å²) < 4.78 is 7.54. The minimum Gasteiger partial charge on any atom is -0.466 e. The van der Waals surface area contributed by atoms with Crippen molar-refractivity contribution in [2.75, 3.05) is 5.32 Å². The number of Topliss-reactive ketones (excluding diaryl/α,β-unsaturated/α-hetero) is 1.